The van der Waals surface area contributed by atoms with E-state index in [1.165, 1.54) is 0 Å². The van der Waals surface area contributed by atoms with Crippen LogP contribution in [-0.2, 0) is 14.4 Å². The highest BCUT2D eigenvalue weighted by Gasteiger charge is 2.36. The van der Waals surface area contributed by atoms with Crippen LogP contribution >= 0.6 is 0 Å². The Labute approximate surface area is 218 Å². The SMILES string of the molecule is CC(=C[C@H](C(C)C)N(C)C(=O)[C@@H](NC(=O)C1CCCCN1C(C)C)C(C)C)C(=O)N1CCC[C@H]1CO. The van der Waals surface area contributed by atoms with Crippen molar-refractivity contribution in [1.82, 2.24) is 20.0 Å². The Morgan fingerprint density at radius 1 is 1.00 bits per heavy atom. The van der Waals surface area contributed by atoms with E-state index < -0.39 is 6.04 Å². The van der Waals surface area contributed by atoms with Gasteiger partial charge < -0.3 is 20.2 Å². The normalized spacial score (nSPS) is 23.3. The summed E-state index contributed by atoms with van der Waals surface area (Å²) >= 11 is 0. The zero-order valence-corrected chi connectivity index (χ0v) is 23.8. The molecule has 0 aromatic carbocycles. The largest absolute Gasteiger partial charge is 0.394 e. The minimum Gasteiger partial charge on any atom is -0.394 e. The predicted octanol–water partition coefficient (Wildman–Crippen LogP) is 2.80. The van der Waals surface area contributed by atoms with E-state index in [9.17, 15) is 19.5 Å². The van der Waals surface area contributed by atoms with Crippen LogP contribution in [0.4, 0.5) is 0 Å². The highest BCUT2D eigenvalue weighted by molar-refractivity contribution is 5.94. The molecule has 0 aliphatic carbocycles. The summed E-state index contributed by atoms with van der Waals surface area (Å²) in [5, 5.41) is 12.7. The van der Waals surface area contributed by atoms with Crippen LogP contribution in [0.1, 0.15) is 80.6 Å². The molecule has 2 aliphatic rings. The standard InChI is InChI=1S/C28H50N4O4/c1-18(2)24(16-21(7)27(35)32-15-11-12-22(32)17-33)30(8)28(36)25(19(3)4)29-26(34)23-13-9-10-14-31(23)20(5)6/h16,18-20,22-25,33H,9-15,17H2,1-8H3,(H,29,34)/t22-,23?,24+,25-/m0/s1. The van der Waals surface area contributed by atoms with Crippen LogP contribution in [-0.4, -0.2) is 94.5 Å². The van der Waals surface area contributed by atoms with Crippen LogP contribution in [0.5, 0.6) is 0 Å². The number of rotatable bonds is 10. The highest BCUT2D eigenvalue weighted by Crippen LogP contribution is 2.23. The smallest absolute Gasteiger partial charge is 0.249 e. The first-order chi connectivity index (χ1) is 16.9. The first-order valence-corrected chi connectivity index (χ1v) is 13.8. The van der Waals surface area contributed by atoms with Gasteiger partial charge in [0.05, 0.1) is 24.7 Å². The number of carbonyl (C=O) groups excluding carboxylic acids is 3. The van der Waals surface area contributed by atoms with Crippen molar-refractivity contribution in [3.05, 3.63) is 11.6 Å². The van der Waals surface area contributed by atoms with Gasteiger partial charge in [-0.15, -0.1) is 0 Å². The third-order valence-electron chi connectivity index (χ3n) is 7.83. The second kappa shape index (κ2) is 13.6. The molecule has 1 unspecified atom stereocenters. The van der Waals surface area contributed by atoms with Gasteiger partial charge in [0.2, 0.25) is 17.7 Å². The predicted molar refractivity (Wildman–Crippen MR) is 143 cm³/mol. The summed E-state index contributed by atoms with van der Waals surface area (Å²) in [5.41, 5.74) is 0.577. The van der Waals surface area contributed by atoms with Gasteiger partial charge in [-0.25, -0.2) is 0 Å². The van der Waals surface area contributed by atoms with E-state index in [0.29, 0.717) is 12.1 Å². The van der Waals surface area contributed by atoms with E-state index in [0.717, 1.165) is 38.6 Å². The van der Waals surface area contributed by atoms with Crippen molar-refractivity contribution < 1.29 is 19.5 Å². The molecule has 2 aliphatic heterocycles. The molecule has 36 heavy (non-hydrogen) atoms. The molecule has 0 saturated carbocycles. The maximum atomic E-state index is 13.7. The number of aliphatic hydroxyl groups is 1. The fourth-order valence-electron chi connectivity index (χ4n) is 5.58. The summed E-state index contributed by atoms with van der Waals surface area (Å²) in [6.45, 7) is 15.5. The van der Waals surface area contributed by atoms with E-state index in [4.69, 9.17) is 0 Å². The summed E-state index contributed by atoms with van der Waals surface area (Å²) in [4.78, 5) is 45.8. The first kappa shape index (κ1) is 30.3. The Morgan fingerprint density at radius 3 is 2.22 bits per heavy atom. The van der Waals surface area contributed by atoms with Crippen molar-refractivity contribution in [2.75, 3.05) is 26.7 Å². The summed E-state index contributed by atoms with van der Waals surface area (Å²) in [6.07, 6.45) is 6.49. The Kier molecular flexibility index (Phi) is 11.4. The number of aliphatic hydroxyl groups excluding tert-OH is 1. The number of likely N-dealkylation sites (N-methyl/N-ethyl adjacent to an activating group) is 1. The second-order valence-corrected chi connectivity index (χ2v) is 11.6. The van der Waals surface area contributed by atoms with E-state index in [1.807, 2.05) is 33.8 Å². The number of likely N-dealkylation sites (tertiary alicyclic amines) is 2. The summed E-state index contributed by atoms with van der Waals surface area (Å²) in [5.74, 6) is -0.301. The lowest BCUT2D eigenvalue weighted by Crippen LogP contribution is -2.58. The van der Waals surface area contributed by atoms with Crippen molar-refractivity contribution in [2.24, 2.45) is 11.8 Å². The number of hydrogen-bond donors (Lipinski definition) is 2. The zero-order valence-electron chi connectivity index (χ0n) is 23.8. The Hall–Kier alpha value is -1.93. The average molecular weight is 507 g/mol. The van der Waals surface area contributed by atoms with Crippen LogP contribution in [0, 0.1) is 11.8 Å². The maximum Gasteiger partial charge on any atom is 0.249 e. The van der Waals surface area contributed by atoms with Crippen LogP contribution in [0.3, 0.4) is 0 Å². The van der Waals surface area contributed by atoms with E-state index in [1.54, 1.807) is 23.8 Å². The Bertz CT molecular complexity index is 794. The number of piperidine rings is 1. The third kappa shape index (κ3) is 7.31. The van der Waals surface area contributed by atoms with Gasteiger partial charge in [-0.2, -0.15) is 0 Å². The highest BCUT2D eigenvalue weighted by atomic mass is 16.3. The van der Waals surface area contributed by atoms with Gasteiger partial charge in [0.15, 0.2) is 0 Å². The molecule has 206 valence electrons. The lowest BCUT2D eigenvalue weighted by atomic mass is 9.95. The number of carbonyl (C=O) groups is 3. The van der Waals surface area contributed by atoms with E-state index in [-0.39, 0.29) is 60.3 Å². The van der Waals surface area contributed by atoms with Crippen LogP contribution in [0.2, 0.25) is 0 Å². The molecule has 8 nitrogen and oxygen atoms in total. The topological polar surface area (TPSA) is 93.2 Å². The molecule has 2 heterocycles. The molecule has 2 rings (SSSR count). The van der Waals surface area contributed by atoms with Gasteiger partial charge in [-0.1, -0.05) is 40.2 Å². The Morgan fingerprint density at radius 2 is 1.67 bits per heavy atom. The van der Waals surface area contributed by atoms with Crippen molar-refractivity contribution in [3.8, 4) is 0 Å². The minimum absolute atomic E-state index is 0.0317. The van der Waals surface area contributed by atoms with Crippen LogP contribution in [0.25, 0.3) is 0 Å². The summed E-state index contributed by atoms with van der Waals surface area (Å²) in [6, 6.07) is -1.01. The zero-order chi connectivity index (χ0) is 27.2. The molecule has 8 heteroatoms. The molecule has 4 atom stereocenters. The van der Waals surface area contributed by atoms with Crippen molar-refractivity contribution in [2.45, 2.75) is 111 Å². The van der Waals surface area contributed by atoms with Gasteiger partial charge in [-0.3, -0.25) is 19.3 Å². The number of nitrogens with one attached hydrogen (secondary N) is 1. The van der Waals surface area contributed by atoms with E-state index >= 15 is 0 Å². The number of hydrogen-bond acceptors (Lipinski definition) is 5. The number of nitrogens with zero attached hydrogens (tertiary/aromatic N) is 3. The average Bonchev–Trinajstić information content (AvgIpc) is 3.32. The fourth-order valence-corrected chi connectivity index (χ4v) is 5.58. The molecular weight excluding hydrogens is 456 g/mol. The van der Waals surface area contributed by atoms with Crippen molar-refractivity contribution in [3.63, 3.8) is 0 Å². The van der Waals surface area contributed by atoms with Gasteiger partial charge in [0.25, 0.3) is 0 Å². The quantitative estimate of drug-likeness (QED) is 0.445. The molecule has 0 aromatic rings. The van der Waals surface area contributed by atoms with Gasteiger partial charge >= 0.3 is 0 Å². The van der Waals surface area contributed by atoms with E-state index in [2.05, 4.69) is 24.1 Å². The molecular formula is C28H50N4O4. The minimum atomic E-state index is -0.638. The monoisotopic (exact) mass is 506 g/mol. The lowest BCUT2D eigenvalue weighted by Gasteiger charge is -2.39. The molecule has 2 fully saturated rings. The fraction of sp³-hybridized carbons (Fsp3) is 0.821. The van der Waals surface area contributed by atoms with Crippen LogP contribution < -0.4 is 5.32 Å². The van der Waals surface area contributed by atoms with Gasteiger partial charge in [0, 0.05) is 25.2 Å². The molecule has 0 radical (unpaired) electrons. The third-order valence-corrected chi connectivity index (χ3v) is 7.83. The Balaban J connectivity index is 2.19. The summed E-state index contributed by atoms with van der Waals surface area (Å²) in [7, 11) is 1.76. The molecule has 2 saturated heterocycles. The maximum absolute atomic E-state index is 13.7. The molecule has 3 amide bonds. The number of amides is 3. The van der Waals surface area contributed by atoms with Crippen molar-refractivity contribution in [1.29, 1.82) is 0 Å². The lowest BCUT2D eigenvalue weighted by molar-refractivity contribution is -0.140. The van der Waals surface area contributed by atoms with Gasteiger partial charge in [0.1, 0.15) is 6.04 Å². The molecule has 0 spiro atoms. The van der Waals surface area contributed by atoms with Crippen molar-refractivity contribution >= 4 is 17.7 Å². The van der Waals surface area contributed by atoms with Gasteiger partial charge in [-0.05, 0) is 64.8 Å². The molecule has 2 N–H and O–H groups in total. The molecule has 0 bridgehead atoms. The first-order valence-electron chi connectivity index (χ1n) is 13.8. The second-order valence-electron chi connectivity index (χ2n) is 11.6. The summed E-state index contributed by atoms with van der Waals surface area (Å²) < 4.78 is 0. The van der Waals surface area contributed by atoms with Crippen LogP contribution in [0.15, 0.2) is 11.6 Å². The molecule has 0 aromatic heterocycles.